The molecule has 7 heteroatoms. The van der Waals surface area contributed by atoms with Gasteiger partial charge in [0.1, 0.15) is 10.7 Å². The number of nitrogens with two attached hydrogens (primary N) is 1. The Kier molecular flexibility index (Phi) is 2.60. The van der Waals surface area contributed by atoms with Gasteiger partial charge in [-0.05, 0) is 6.42 Å². The lowest BCUT2D eigenvalue weighted by atomic mass is 10.4. The van der Waals surface area contributed by atoms with E-state index in [1.165, 1.54) is 11.5 Å². The molecule has 3 N–H and O–H groups in total. The fraction of sp³-hybridized carbons (Fsp3) is 0.571. The first-order valence-electron chi connectivity index (χ1n) is 4.37. The molecule has 0 aromatic carbocycles. The smallest absolute Gasteiger partial charge is 0.222 e. The third-order valence-electron chi connectivity index (χ3n) is 2.20. The van der Waals surface area contributed by atoms with Gasteiger partial charge in [-0.15, -0.1) is 5.10 Å². The van der Waals surface area contributed by atoms with E-state index in [9.17, 15) is 4.79 Å². The zero-order valence-corrected chi connectivity index (χ0v) is 8.38. The van der Waals surface area contributed by atoms with Crippen LogP contribution in [0.5, 0.6) is 0 Å². The molecule has 0 atom stereocenters. The Morgan fingerprint density at radius 3 is 3.14 bits per heavy atom. The summed E-state index contributed by atoms with van der Waals surface area (Å²) in [4.78, 5) is 13.1. The number of nitrogens with one attached hydrogen (secondary N) is 1. The van der Waals surface area contributed by atoms with Crippen molar-refractivity contribution >= 4 is 22.4 Å². The highest BCUT2D eigenvalue weighted by Gasteiger charge is 2.22. The van der Waals surface area contributed by atoms with Crippen LogP contribution in [0.2, 0.25) is 0 Å². The summed E-state index contributed by atoms with van der Waals surface area (Å²) in [5, 5.41) is 4.64. The lowest BCUT2D eigenvalue weighted by Gasteiger charge is -2.13. The molecule has 0 aliphatic carbocycles. The fourth-order valence-electron chi connectivity index (χ4n) is 1.47. The molecule has 0 unspecified atom stereocenters. The number of amides is 1. The minimum absolute atomic E-state index is 0.181. The van der Waals surface area contributed by atoms with Gasteiger partial charge in [0, 0.05) is 24.5 Å². The number of nitrogen functional groups attached to an aromatic ring is 1. The van der Waals surface area contributed by atoms with Gasteiger partial charge in [-0.25, -0.2) is 5.84 Å². The number of hydrogen-bond donors (Lipinski definition) is 2. The zero-order chi connectivity index (χ0) is 9.97. The molecule has 6 nitrogen and oxygen atoms in total. The average Bonchev–Trinajstić information content (AvgIpc) is 2.77. The molecule has 0 spiro atoms. The van der Waals surface area contributed by atoms with Crippen LogP contribution in [-0.2, 0) is 11.3 Å². The van der Waals surface area contributed by atoms with Gasteiger partial charge in [0.25, 0.3) is 0 Å². The van der Waals surface area contributed by atoms with Crippen molar-refractivity contribution in [2.75, 3.05) is 12.0 Å². The second-order valence-electron chi connectivity index (χ2n) is 3.11. The average molecular weight is 213 g/mol. The standard InChI is InChI=1S/C7H11N5OS/c8-9-7-5(10-11-14-7)4-12-3-1-2-6(12)13/h9H,1-4,8H2. The molecule has 1 aliphatic rings. The van der Waals surface area contributed by atoms with E-state index in [1.807, 2.05) is 0 Å². The van der Waals surface area contributed by atoms with Crippen LogP contribution in [-0.4, -0.2) is 26.9 Å². The van der Waals surface area contributed by atoms with Crippen molar-refractivity contribution in [3.63, 3.8) is 0 Å². The third-order valence-corrected chi connectivity index (χ3v) is 2.90. The maximum Gasteiger partial charge on any atom is 0.222 e. The van der Waals surface area contributed by atoms with E-state index in [4.69, 9.17) is 5.84 Å². The highest BCUT2D eigenvalue weighted by Crippen LogP contribution is 2.20. The molecule has 1 aromatic rings. The van der Waals surface area contributed by atoms with Crippen LogP contribution in [0.4, 0.5) is 5.00 Å². The number of carbonyl (C=O) groups is 1. The highest BCUT2D eigenvalue weighted by atomic mass is 32.1. The summed E-state index contributed by atoms with van der Waals surface area (Å²) in [7, 11) is 0. The molecule has 1 saturated heterocycles. The van der Waals surface area contributed by atoms with Crippen LogP contribution in [0.15, 0.2) is 0 Å². The van der Waals surface area contributed by atoms with Gasteiger partial charge in [0.05, 0.1) is 6.54 Å². The van der Waals surface area contributed by atoms with Crippen molar-refractivity contribution in [2.45, 2.75) is 19.4 Å². The monoisotopic (exact) mass is 213 g/mol. The fourth-order valence-corrected chi connectivity index (χ4v) is 1.96. The summed E-state index contributed by atoms with van der Waals surface area (Å²) >= 11 is 1.20. The van der Waals surface area contributed by atoms with E-state index >= 15 is 0 Å². The van der Waals surface area contributed by atoms with Gasteiger partial charge in [-0.3, -0.25) is 4.79 Å². The van der Waals surface area contributed by atoms with E-state index in [0.717, 1.165) is 23.7 Å². The van der Waals surface area contributed by atoms with Crippen LogP contribution in [0.3, 0.4) is 0 Å². The molecular weight excluding hydrogens is 202 g/mol. The van der Waals surface area contributed by atoms with Crippen LogP contribution in [0, 0.1) is 0 Å². The second kappa shape index (κ2) is 3.89. The Labute approximate surface area is 85.2 Å². The number of hydrogen-bond acceptors (Lipinski definition) is 6. The maximum absolute atomic E-state index is 11.3. The predicted octanol–water partition coefficient (Wildman–Crippen LogP) is -0.0539. The number of aromatic nitrogens is 2. The van der Waals surface area contributed by atoms with Crippen molar-refractivity contribution in [1.82, 2.24) is 14.5 Å². The molecule has 2 heterocycles. The van der Waals surface area contributed by atoms with Crippen LogP contribution >= 0.6 is 11.5 Å². The molecule has 0 bridgehead atoms. The number of nitrogens with zero attached hydrogens (tertiary/aromatic N) is 3. The quantitative estimate of drug-likeness (QED) is 0.543. The molecule has 1 aliphatic heterocycles. The van der Waals surface area contributed by atoms with Gasteiger partial charge in [0.2, 0.25) is 5.91 Å². The Morgan fingerprint density at radius 2 is 2.50 bits per heavy atom. The number of likely N-dealkylation sites (tertiary alicyclic amines) is 1. The van der Waals surface area contributed by atoms with Crippen LogP contribution in [0.25, 0.3) is 0 Å². The van der Waals surface area contributed by atoms with E-state index in [0.29, 0.717) is 13.0 Å². The number of rotatable bonds is 3. The lowest BCUT2D eigenvalue weighted by molar-refractivity contribution is -0.128. The van der Waals surface area contributed by atoms with Crippen LogP contribution in [0.1, 0.15) is 18.5 Å². The molecule has 1 aromatic heterocycles. The van der Waals surface area contributed by atoms with E-state index < -0.39 is 0 Å². The van der Waals surface area contributed by atoms with Gasteiger partial charge >= 0.3 is 0 Å². The molecule has 1 fully saturated rings. The predicted molar refractivity (Wildman–Crippen MR) is 52.4 cm³/mol. The maximum atomic E-state index is 11.3. The molecular formula is C7H11N5OS. The van der Waals surface area contributed by atoms with E-state index in [1.54, 1.807) is 4.90 Å². The topological polar surface area (TPSA) is 84.1 Å². The van der Waals surface area contributed by atoms with Crippen molar-refractivity contribution < 1.29 is 4.79 Å². The van der Waals surface area contributed by atoms with Crippen molar-refractivity contribution in [3.05, 3.63) is 5.69 Å². The Balaban J connectivity index is 2.06. The van der Waals surface area contributed by atoms with Crippen LogP contribution < -0.4 is 11.3 Å². The van der Waals surface area contributed by atoms with Gasteiger partial charge < -0.3 is 10.3 Å². The highest BCUT2D eigenvalue weighted by molar-refractivity contribution is 7.10. The summed E-state index contributed by atoms with van der Waals surface area (Å²) in [5.74, 6) is 5.46. The molecule has 14 heavy (non-hydrogen) atoms. The summed E-state index contributed by atoms with van der Waals surface area (Å²) in [6.45, 7) is 1.31. The minimum Gasteiger partial charge on any atom is -0.337 e. The first-order chi connectivity index (χ1) is 6.81. The number of hydrazine groups is 1. The minimum atomic E-state index is 0.181. The Bertz CT molecular complexity index is 339. The largest absolute Gasteiger partial charge is 0.337 e. The second-order valence-corrected chi connectivity index (χ2v) is 3.87. The van der Waals surface area contributed by atoms with Gasteiger partial charge in [-0.2, -0.15) is 0 Å². The first kappa shape index (κ1) is 9.35. The van der Waals surface area contributed by atoms with E-state index in [2.05, 4.69) is 15.0 Å². The number of carbonyl (C=O) groups excluding carboxylic acids is 1. The lowest BCUT2D eigenvalue weighted by Crippen LogP contribution is -2.24. The molecule has 0 radical (unpaired) electrons. The summed E-state index contributed by atoms with van der Waals surface area (Å²) in [6, 6.07) is 0. The van der Waals surface area contributed by atoms with Gasteiger partial charge in [0.15, 0.2) is 0 Å². The Hall–Kier alpha value is -1.21. The molecule has 0 saturated carbocycles. The molecule has 2 rings (SSSR count). The van der Waals surface area contributed by atoms with Gasteiger partial charge in [-0.1, -0.05) is 4.49 Å². The normalized spacial score (nSPS) is 16.4. The van der Waals surface area contributed by atoms with Crippen molar-refractivity contribution in [2.24, 2.45) is 5.84 Å². The first-order valence-corrected chi connectivity index (χ1v) is 5.14. The van der Waals surface area contributed by atoms with E-state index in [-0.39, 0.29) is 5.91 Å². The zero-order valence-electron chi connectivity index (χ0n) is 7.56. The van der Waals surface area contributed by atoms with Crippen molar-refractivity contribution in [3.8, 4) is 0 Å². The number of anilines is 1. The summed E-state index contributed by atoms with van der Waals surface area (Å²) in [6.07, 6.45) is 1.57. The SMILES string of the molecule is NNc1snnc1CN1CCCC1=O. The molecule has 1 amide bonds. The van der Waals surface area contributed by atoms with Crippen molar-refractivity contribution in [1.29, 1.82) is 0 Å². The third kappa shape index (κ3) is 1.68. The summed E-state index contributed by atoms with van der Waals surface area (Å²) in [5.41, 5.74) is 3.26. The summed E-state index contributed by atoms with van der Waals surface area (Å²) < 4.78 is 3.77. The Morgan fingerprint density at radius 1 is 1.64 bits per heavy atom. The molecule has 76 valence electrons.